The van der Waals surface area contributed by atoms with E-state index in [1.165, 1.54) is 36.5 Å². The van der Waals surface area contributed by atoms with Gasteiger partial charge in [-0.3, -0.25) is 10.1 Å². The molecule has 96 valence electrons. The molecule has 1 aromatic heterocycles. The number of nitro groups is 1. The van der Waals surface area contributed by atoms with Gasteiger partial charge in [0.15, 0.2) is 0 Å². The van der Waals surface area contributed by atoms with Crippen molar-refractivity contribution in [2.75, 3.05) is 0 Å². The van der Waals surface area contributed by atoms with Gasteiger partial charge in [0.05, 0.1) is 10.5 Å². The lowest BCUT2D eigenvalue weighted by atomic mass is 10.3. The molecule has 0 bridgehead atoms. The maximum absolute atomic E-state index is 11.8. The highest BCUT2D eigenvalue weighted by Crippen LogP contribution is 2.20. The molecule has 0 saturated heterocycles. The Morgan fingerprint density at radius 3 is 2.53 bits per heavy atom. The maximum atomic E-state index is 11.8. The molecular formula is C12H7ClN2O4. The van der Waals surface area contributed by atoms with Gasteiger partial charge in [0.25, 0.3) is 5.69 Å². The SMILES string of the molecule is O=C(Oc1ccc([N+](=O)[O-])cc1)c1cccnc1Cl. The van der Waals surface area contributed by atoms with Crippen molar-refractivity contribution < 1.29 is 14.5 Å². The molecule has 0 amide bonds. The van der Waals surface area contributed by atoms with Crippen LogP contribution in [0.5, 0.6) is 5.75 Å². The maximum Gasteiger partial charge on any atom is 0.346 e. The summed E-state index contributed by atoms with van der Waals surface area (Å²) in [6, 6.07) is 8.18. The fraction of sp³-hybridized carbons (Fsp3) is 0. The van der Waals surface area contributed by atoms with Crippen molar-refractivity contribution in [3.05, 3.63) is 63.4 Å². The van der Waals surface area contributed by atoms with Crippen LogP contribution < -0.4 is 4.74 Å². The second kappa shape index (κ2) is 5.45. The van der Waals surface area contributed by atoms with E-state index in [2.05, 4.69) is 4.98 Å². The number of non-ortho nitro benzene ring substituents is 1. The number of pyridine rings is 1. The molecule has 1 aromatic carbocycles. The number of rotatable bonds is 3. The summed E-state index contributed by atoms with van der Waals surface area (Å²) in [6.45, 7) is 0. The van der Waals surface area contributed by atoms with Gasteiger partial charge in [-0.1, -0.05) is 11.6 Å². The van der Waals surface area contributed by atoms with Gasteiger partial charge in [-0.15, -0.1) is 0 Å². The van der Waals surface area contributed by atoms with Gasteiger partial charge in [0.2, 0.25) is 0 Å². The summed E-state index contributed by atoms with van der Waals surface area (Å²) in [4.78, 5) is 25.5. The van der Waals surface area contributed by atoms with Crippen LogP contribution in [0, 0.1) is 10.1 Å². The third kappa shape index (κ3) is 3.05. The number of esters is 1. The molecule has 0 fully saturated rings. The van der Waals surface area contributed by atoms with Crippen LogP contribution >= 0.6 is 11.6 Å². The summed E-state index contributed by atoms with van der Waals surface area (Å²) in [5, 5.41) is 10.5. The van der Waals surface area contributed by atoms with E-state index in [0.29, 0.717) is 0 Å². The normalized spacial score (nSPS) is 9.95. The number of carbonyl (C=O) groups excluding carboxylic acids is 1. The van der Waals surface area contributed by atoms with Crippen LogP contribution in [0.2, 0.25) is 5.15 Å². The summed E-state index contributed by atoms with van der Waals surface area (Å²) in [7, 11) is 0. The zero-order valence-corrected chi connectivity index (χ0v) is 10.2. The highest BCUT2D eigenvalue weighted by Gasteiger charge is 2.14. The number of nitro benzene ring substituents is 1. The van der Waals surface area contributed by atoms with Gasteiger partial charge in [0, 0.05) is 18.3 Å². The monoisotopic (exact) mass is 278 g/mol. The van der Waals surface area contributed by atoms with Gasteiger partial charge < -0.3 is 4.74 Å². The van der Waals surface area contributed by atoms with Crippen LogP contribution in [0.3, 0.4) is 0 Å². The number of carbonyl (C=O) groups is 1. The van der Waals surface area contributed by atoms with Gasteiger partial charge in [-0.2, -0.15) is 0 Å². The van der Waals surface area contributed by atoms with E-state index in [-0.39, 0.29) is 22.2 Å². The van der Waals surface area contributed by atoms with E-state index in [1.54, 1.807) is 6.07 Å². The minimum absolute atomic E-state index is 0.0365. The lowest BCUT2D eigenvalue weighted by Gasteiger charge is -2.04. The standard InChI is InChI=1S/C12H7ClN2O4/c13-11-10(2-1-7-14-11)12(16)19-9-5-3-8(4-6-9)15(17)18/h1-7H. The summed E-state index contributed by atoms with van der Waals surface area (Å²) >= 11 is 5.75. The Morgan fingerprint density at radius 1 is 1.26 bits per heavy atom. The lowest BCUT2D eigenvalue weighted by Crippen LogP contribution is -2.09. The van der Waals surface area contributed by atoms with Crippen LogP contribution in [0.1, 0.15) is 10.4 Å². The van der Waals surface area contributed by atoms with Crippen molar-refractivity contribution in [3.63, 3.8) is 0 Å². The zero-order chi connectivity index (χ0) is 13.8. The first-order valence-electron chi connectivity index (χ1n) is 5.15. The molecule has 0 aliphatic carbocycles. The molecule has 7 heteroatoms. The second-order valence-corrected chi connectivity index (χ2v) is 3.84. The van der Waals surface area contributed by atoms with E-state index < -0.39 is 10.9 Å². The van der Waals surface area contributed by atoms with E-state index >= 15 is 0 Å². The topological polar surface area (TPSA) is 82.3 Å². The number of hydrogen-bond donors (Lipinski definition) is 0. The average molecular weight is 279 g/mol. The van der Waals surface area contributed by atoms with E-state index in [4.69, 9.17) is 16.3 Å². The molecule has 0 aliphatic heterocycles. The Bertz CT molecular complexity index is 628. The first kappa shape index (κ1) is 13.0. The van der Waals surface area contributed by atoms with Crippen LogP contribution in [-0.2, 0) is 0 Å². The van der Waals surface area contributed by atoms with Crippen LogP contribution in [0.25, 0.3) is 0 Å². The second-order valence-electron chi connectivity index (χ2n) is 3.48. The third-order valence-corrected chi connectivity index (χ3v) is 2.54. The lowest BCUT2D eigenvalue weighted by molar-refractivity contribution is -0.384. The summed E-state index contributed by atoms with van der Waals surface area (Å²) < 4.78 is 5.03. The van der Waals surface area contributed by atoms with Gasteiger partial charge in [-0.25, -0.2) is 9.78 Å². The molecule has 0 atom stereocenters. The van der Waals surface area contributed by atoms with Crippen molar-refractivity contribution in [1.29, 1.82) is 0 Å². The molecule has 2 aromatic rings. The van der Waals surface area contributed by atoms with Crippen molar-refractivity contribution in [2.45, 2.75) is 0 Å². The van der Waals surface area contributed by atoms with Crippen LogP contribution in [-0.4, -0.2) is 15.9 Å². The van der Waals surface area contributed by atoms with Gasteiger partial charge in [-0.05, 0) is 24.3 Å². The Balaban J connectivity index is 2.15. The molecule has 2 rings (SSSR count). The molecule has 0 unspecified atom stereocenters. The van der Waals surface area contributed by atoms with Gasteiger partial charge in [0.1, 0.15) is 10.9 Å². The fourth-order valence-electron chi connectivity index (χ4n) is 1.34. The quantitative estimate of drug-likeness (QED) is 0.283. The highest BCUT2D eigenvalue weighted by molar-refractivity contribution is 6.32. The minimum atomic E-state index is -0.674. The average Bonchev–Trinajstić information content (AvgIpc) is 2.39. The first-order chi connectivity index (χ1) is 9.08. The molecule has 0 saturated carbocycles. The Labute approximate surface area is 112 Å². The first-order valence-corrected chi connectivity index (χ1v) is 5.53. The molecule has 6 nitrogen and oxygen atoms in total. The Hall–Kier alpha value is -2.47. The molecule has 19 heavy (non-hydrogen) atoms. The zero-order valence-electron chi connectivity index (χ0n) is 9.45. The van der Waals surface area contributed by atoms with Crippen molar-refractivity contribution in [2.24, 2.45) is 0 Å². The number of aromatic nitrogens is 1. The van der Waals surface area contributed by atoms with Gasteiger partial charge >= 0.3 is 5.97 Å². The van der Waals surface area contributed by atoms with Crippen molar-refractivity contribution in [1.82, 2.24) is 4.98 Å². The number of halogens is 1. The number of hydrogen-bond acceptors (Lipinski definition) is 5. The Kier molecular flexibility index (Phi) is 3.72. The molecule has 0 radical (unpaired) electrons. The van der Waals surface area contributed by atoms with E-state index in [0.717, 1.165) is 0 Å². The number of nitrogens with zero attached hydrogens (tertiary/aromatic N) is 2. The smallest absolute Gasteiger partial charge is 0.346 e. The summed E-state index contributed by atoms with van der Waals surface area (Å²) in [5.41, 5.74) is 0.0433. The van der Waals surface area contributed by atoms with Crippen molar-refractivity contribution in [3.8, 4) is 5.75 Å². The van der Waals surface area contributed by atoms with Crippen molar-refractivity contribution >= 4 is 23.3 Å². The van der Waals surface area contributed by atoms with Crippen LogP contribution in [0.4, 0.5) is 5.69 Å². The highest BCUT2D eigenvalue weighted by atomic mass is 35.5. The molecular weight excluding hydrogens is 272 g/mol. The molecule has 0 spiro atoms. The Morgan fingerprint density at radius 2 is 1.95 bits per heavy atom. The third-order valence-electron chi connectivity index (χ3n) is 2.24. The molecule has 0 N–H and O–H groups in total. The molecule has 0 aliphatic rings. The fourth-order valence-corrected chi connectivity index (χ4v) is 1.53. The summed E-state index contributed by atoms with van der Waals surface area (Å²) in [6.07, 6.45) is 1.45. The predicted octanol–water partition coefficient (Wildman–Crippen LogP) is 2.86. The summed E-state index contributed by atoms with van der Waals surface area (Å²) in [5.74, 6) is -0.484. The van der Waals surface area contributed by atoms with E-state index in [1.807, 2.05) is 0 Å². The van der Waals surface area contributed by atoms with Crippen LogP contribution in [0.15, 0.2) is 42.6 Å². The minimum Gasteiger partial charge on any atom is -0.423 e. The van der Waals surface area contributed by atoms with E-state index in [9.17, 15) is 14.9 Å². The number of ether oxygens (including phenoxy) is 1. The molecule has 1 heterocycles. The largest absolute Gasteiger partial charge is 0.423 e. The number of benzene rings is 1. The predicted molar refractivity (Wildman–Crippen MR) is 67.3 cm³/mol.